The molecule has 0 bridgehead atoms. The lowest BCUT2D eigenvalue weighted by molar-refractivity contribution is -0.384. The summed E-state index contributed by atoms with van der Waals surface area (Å²) < 4.78 is 33.4. The van der Waals surface area contributed by atoms with E-state index in [0.29, 0.717) is 18.0 Å². The summed E-state index contributed by atoms with van der Waals surface area (Å²) in [4.78, 5) is 10.3. The molecule has 0 spiro atoms. The first kappa shape index (κ1) is 22.0. The summed E-state index contributed by atoms with van der Waals surface area (Å²) in [5, 5.41) is 10.9. The van der Waals surface area contributed by atoms with Gasteiger partial charge in [0.05, 0.1) is 28.7 Å². The molecule has 3 aromatic carbocycles. The molecular formula is C23H22N2O5S. The predicted octanol–water partition coefficient (Wildman–Crippen LogP) is 4.90. The average molecular weight is 439 g/mol. The molecule has 0 N–H and O–H groups in total. The number of nitro benzene ring substituents is 1. The van der Waals surface area contributed by atoms with Crippen molar-refractivity contribution in [1.29, 1.82) is 0 Å². The topological polar surface area (TPSA) is 89.8 Å². The van der Waals surface area contributed by atoms with Crippen LogP contribution in [0.2, 0.25) is 0 Å². The fraction of sp³-hybridized carbons (Fsp3) is 0.130. The van der Waals surface area contributed by atoms with Gasteiger partial charge in [-0.15, -0.1) is 0 Å². The van der Waals surface area contributed by atoms with Crippen LogP contribution in [-0.4, -0.2) is 26.5 Å². The molecule has 160 valence electrons. The van der Waals surface area contributed by atoms with E-state index >= 15 is 0 Å². The van der Waals surface area contributed by atoms with Gasteiger partial charge in [0, 0.05) is 12.1 Å². The zero-order valence-electron chi connectivity index (χ0n) is 16.9. The van der Waals surface area contributed by atoms with Crippen molar-refractivity contribution < 1.29 is 18.1 Å². The summed E-state index contributed by atoms with van der Waals surface area (Å²) in [6, 6.07) is 21.2. The highest BCUT2D eigenvalue weighted by atomic mass is 32.2. The van der Waals surface area contributed by atoms with E-state index in [0.717, 1.165) is 5.56 Å². The molecule has 0 radical (unpaired) electrons. The summed E-state index contributed by atoms with van der Waals surface area (Å²) in [5.74, 6) is 0.638. The van der Waals surface area contributed by atoms with Crippen LogP contribution in [0.15, 0.2) is 89.8 Å². The Morgan fingerprint density at radius 2 is 1.61 bits per heavy atom. The number of anilines is 1. The molecule has 7 nitrogen and oxygen atoms in total. The number of ether oxygens (including phenoxy) is 1. The highest BCUT2D eigenvalue weighted by molar-refractivity contribution is 7.92. The standard InChI is InChI=1S/C23H22N2O5S/c1-2-30-22-14-10-20(11-15-22)24(18-6-9-19-7-4-3-5-8-19)31(28,29)23-16-12-21(13-17-23)25(26)27/h3-17H,2,18H2,1H3/b9-6+. The summed E-state index contributed by atoms with van der Waals surface area (Å²) in [7, 11) is -3.96. The highest BCUT2D eigenvalue weighted by Gasteiger charge is 2.25. The van der Waals surface area contributed by atoms with Crippen LogP contribution in [0.25, 0.3) is 6.08 Å². The van der Waals surface area contributed by atoms with Gasteiger partial charge in [0.1, 0.15) is 5.75 Å². The van der Waals surface area contributed by atoms with E-state index < -0.39 is 14.9 Å². The molecule has 8 heteroatoms. The molecule has 31 heavy (non-hydrogen) atoms. The van der Waals surface area contributed by atoms with Gasteiger partial charge in [-0.1, -0.05) is 42.5 Å². The smallest absolute Gasteiger partial charge is 0.269 e. The van der Waals surface area contributed by atoms with Crippen molar-refractivity contribution in [3.63, 3.8) is 0 Å². The molecular weight excluding hydrogens is 416 g/mol. The van der Waals surface area contributed by atoms with Crippen LogP contribution in [0, 0.1) is 10.1 Å². The minimum absolute atomic E-state index is 0.0277. The van der Waals surface area contributed by atoms with Gasteiger partial charge in [-0.3, -0.25) is 14.4 Å². The molecule has 0 aliphatic rings. The molecule has 0 amide bonds. The van der Waals surface area contributed by atoms with Gasteiger partial charge in [-0.2, -0.15) is 0 Å². The van der Waals surface area contributed by atoms with E-state index in [1.807, 2.05) is 43.3 Å². The van der Waals surface area contributed by atoms with Gasteiger partial charge in [0.25, 0.3) is 15.7 Å². The molecule has 0 aliphatic carbocycles. The largest absolute Gasteiger partial charge is 0.494 e. The summed E-state index contributed by atoms with van der Waals surface area (Å²) in [6.07, 6.45) is 3.60. The Kier molecular flexibility index (Phi) is 7.04. The second kappa shape index (κ2) is 9.90. The van der Waals surface area contributed by atoms with Crippen LogP contribution in [0.1, 0.15) is 12.5 Å². The minimum Gasteiger partial charge on any atom is -0.494 e. The quantitative estimate of drug-likeness (QED) is 0.350. The molecule has 0 saturated carbocycles. The number of hydrogen-bond acceptors (Lipinski definition) is 5. The first-order valence-corrected chi connectivity index (χ1v) is 11.1. The summed E-state index contributed by atoms with van der Waals surface area (Å²) >= 11 is 0. The first-order valence-electron chi connectivity index (χ1n) is 9.63. The zero-order chi connectivity index (χ0) is 22.3. The van der Waals surface area contributed by atoms with Gasteiger partial charge in [0.15, 0.2) is 0 Å². The normalized spacial score (nSPS) is 11.4. The van der Waals surface area contributed by atoms with E-state index in [2.05, 4.69) is 0 Å². The van der Waals surface area contributed by atoms with E-state index in [4.69, 9.17) is 4.74 Å². The lowest BCUT2D eigenvalue weighted by Gasteiger charge is -2.23. The molecule has 0 unspecified atom stereocenters. The van der Waals surface area contributed by atoms with Gasteiger partial charge in [0.2, 0.25) is 0 Å². The second-order valence-corrected chi connectivity index (χ2v) is 8.39. The third-order valence-electron chi connectivity index (χ3n) is 4.45. The number of hydrogen-bond donors (Lipinski definition) is 0. The molecule has 0 atom stereocenters. The molecule has 3 aromatic rings. The number of rotatable bonds is 9. The molecule has 0 fully saturated rings. The Hall–Kier alpha value is -3.65. The monoisotopic (exact) mass is 438 g/mol. The SMILES string of the molecule is CCOc1ccc(N(C/C=C/c2ccccc2)S(=O)(=O)c2ccc([N+](=O)[O-])cc2)cc1. The van der Waals surface area contributed by atoms with Crippen molar-refractivity contribution in [1.82, 2.24) is 0 Å². The van der Waals surface area contributed by atoms with Crippen LogP contribution < -0.4 is 9.04 Å². The van der Waals surface area contributed by atoms with E-state index in [1.165, 1.54) is 28.6 Å². The van der Waals surface area contributed by atoms with E-state index in [9.17, 15) is 18.5 Å². The van der Waals surface area contributed by atoms with Gasteiger partial charge >= 0.3 is 0 Å². The van der Waals surface area contributed by atoms with Crippen molar-refractivity contribution in [2.24, 2.45) is 0 Å². The maximum Gasteiger partial charge on any atom is 0.269 e. The summed E-state index contributed by atoms with van der Waals surface area (Å²) in [6.45, 7) is 2.46. The molecule has 3 rings (SSSR count). The van der Waals surface area contributed by atoms with Crippen molar-refractivity contribution in [3.8, 4) is 5.75 Å². The predicted molar refractivity (Wildman–Crippen MR) is 121 cm³/mol. The fourth-order valence-electron chi connectivity index (χ4n) is 2.93. The van der Waals surface area contributed by atoms with Crippen LogP contribution in [0.3, 0.4) is 0 Å². The van der Waals surface area contributed by atoms with Crippen LogP contribution in [0.5, 0.6) is 5.75 Å². The molecule has 0 aliphatic heterocycles. The number of non-ortho nitro benzene ring substituents is 1. The Morgan fingerprint density at radius 1 is 0.968 bits per heavy atom. The maximum atomic E-state index is 13.4. The van der Waals surface area contributed by atoms with Crippen molar-refractivity contribution in [2.75, 3.05) is 17.5 Å². The van der Waals surface area contributed by atoms with Crippen LogP contribution in [-0.2, 0) is 10.0 Å². The van der Waals surface area contributed by atoms with E-state index in [1.54, 1.807) is 30.3 Å². The Labute approximate surface area is 181 Å². The highest BCUT2D eigenvalue weighted by Crippen LogP contribution is 2.27. The third-order valence-corrected chi connectivity index (χ3v) is 6.26. The summed E-state index contributed by atoms with van der Waals surface area (Å²) in [5.41, 5.74) is 1.23. The second-order valence-electron chi connectivity index (χ2n) is 6.53. The van der Waals surface area contributed by atoms with Crippen LogP contribution >= 0.6 is 0 Å². The Bertz CT molecular complexity index is 1140. The average Bonchev–Trinajstić information content (AvgIpc) is 2.78. The molecule has 0 saturated heterocycles. The lowest BCUT2D eigenvalue weighted by atomic mass is 10.2. The molecule has 0 aromatic heterocycles. The van der Waals surface area contributed by atoms with Gasteiger partial charge in [-0.05, 0) is 48.9 Å². The molecule has 0 heterocycles. The van der Waals surface area contributed by atoms with E-state index in [-0.39, 0.29) is 17.1 Å². The van der Waals surface area contributed by atoms with Gasteiger partial charge in [-0.25, -0.2) is 8.42 Å². The first-order chi connectivity index (χ1) is 14.9. The lowest BCUT2D eigenvalue weighted by Crippen LogP contribution is -2.31. The van der Waals surface area contributed by atoms with Crippen molar-refractivity contribution in [2.45, 2.75) is 11.8 Å². The maximum absolute atomic E-state index is 13.4. The van der Waals surface area contributed by atoms with Gasteiger partial charge < -0.3 is 4.74 Å². The Balaban J connectivity index is 1.95. The van der Waals surface area contributed by atoms with Crippen LogP contribution in [0.4, 0.5) is 11.4 Å². The minimum atomic E-state index is -3.96. The number of benzene rings is 3. The van der Waals surface area contributed by atoms with Crippen molar-refractivity contribution >= 4 is 27.5 Å². The number of nitro groups is 1. The Morgan fingerprint density at radius 3 is 2.19 bits per heavy atom. The fourth-order valence-corrected chi connectivity index (χ4v) is 4.35. The zero-order valence-corrected chi connectivity index (χ0v) is 17.7. The number of sulfonamides is 1. The van der Waals surface area contributed by atoms with Crippen molar-refractivity contribution in [3.05, 3.63) is 101 Å². The third kappa shape index (κ3) is 5.49. The number of nitrogens with zero attached hydrogens (tertiary/aromatic N) is 2.